The summed E-state index contributed by atoms with van der Waals surface area (Å²) in [6.07, 6.45) is 0. The number of hydrogen-bond acceptors (Lipinski definition) is 3. The first kappa shape index (κ1) is 10.7. The molecule has 2 aromatic rings. The molecule has 0 unspecified atom stereocenters. The van der Waals surface area contributed by atoms with Crippen LogP contribution in [0.2, 0.25) is 5.02 Å². The summed E-state index contributed by atoms with van der Waals surface area (Å²) in [7, 11) is 0. The highest BCUT2D eigenvalue weighted by atomic mass is 35.5. The van der Waals surface area contributed by atoms with E-state index in [0.29, 0.717) is 20.8 Å². The summed E-state index contributed by atoms with van der Waals surface area (Å²) in [5.74, 6) is -0.366. The number of fused-ring (bicyclic) bond motifs is 1. The van der Waals surface area contributed by atoms with Crippen molar-refractivity contribution in [3.8, 4) is 0 Å². The van der Waals surface area contributed by atoms with Gasteiger partial charge in [-0.1, -0.05) is 22.9 Å². The van der Waals surface area contributed by atoms with Crippen molar-refractivity contribution in [3.05, 3.63) is 32.4 Å². The van der Waals surface area contributed by atoms with Gasteiger partial charge in [0.25, 0.3) is 0 Å². The molecule has 0 aliphatic carbocycles. The van der Waals surface area contributed by atoms with E-state index in [1.165, 1.54) is 0 Å². The number of hydrogen-bond donors (Lipinski definition) is 1. The molecule has 0 aliphatic heterocycles. The summed E-state index contributed by atoms with van der Waals surface area (Å²) in [5, 5.41) is 0.308. The Kier molecular flexibility index (Phi) is 2.82. The van der Waals surface area contributed by atoms with Gasteiger partial charge in [0.1, 0.15) is 0 Å². The highest BCUT2D eigenvalue weighted by Crippen LogP contribution is 2.24. The van der Waals surface area contributed by atoms with Crippen LogP contribution in [0.25, 0.3) is 10.2 Å². The van der Waals surface area contributed by atoms with Gasteiger partial charge in [0.15, 0.2) is 5.78 Å². The molecule has 6 heteroatoms. The van der Waals surface area contributed by atoms with Crippen molar-refractivity contribution in [1.82, 2.24) is 4.98 Å². The summed E-state index contributed by atoms with van der Waals surface area (Å²) in [4.78, 5) is 24.9. The van der Waals surface area contributed by atoms with Crippen LogP contribution in [0.5, 0.6) is 0 Å². The Morgan fingerprint density at radius 2 is 2.20 bits per heavy atom. The van der Waals surface area contributed by atoms with Gasteiger partial charge in [-0.05, 0) is 12.1 Å². The van der Waals surface area contributed by atoms with Gasteiger partial charge in [0.05, 0.1) is 21.1 Å². The first-order valence-electron chi connectivity index (χ1n) is 4.03. The number of carbonyl (C=O) groups is 1. The average Bonchev–Trinajstić information content (AvgIpc) is 2.55. The van der Waals surface area contributed by atoms with Gasteiger partial charge in [-0.15, -0.1) is 11.6 Å². The maximum absolute atomic E-state index is 11.4. The summed E-state index contributed by atoms with van der Waals surface area (Å²) >= 11 is 12.4. The monoisotopic (exact) mass is 261 g/mol. The molecule has 15 heavy (non-hydrogen) atoms. The Labute approximate surface area is 98.6 Å². The van der Waals surface area contributed by atoms with Gasteiger partial charge in [0.2, 0.25) is 0 Å². The molecule has 0 amide bonds. The zero-order chi connectivity index (χ0) is 11.0. The van der Waals surface area contributed by atoms with Crippen molar-refractivity contribution >= 4 is 50.5 Å². The third-order valence-electron chi connectivity index (χ3n) is 1.93. The van der Waals surface area contributed by atoms with Crippen LogP contribution in [0.4, 0.5) is 0 Å². The number of aromatic nitrogens is 1. The second-order valence-electron chi connectivity index (χ2n) is 2.90. The van der Waals surface area contributed by atoms with E-state index in [0.717, 1.165) is 11.3 Å². The van der Waals surface area contributed by atoms with E-state index < -0.39 is 0 Å². The van der Waals surface area contributed by atoms with E-state index in [9.17, 15) is 9.59 Å². The molecule has 1 aromatic heterocycles. The van der Waals surface area contributed by atoms with E-state index >= 15 is 0 Å². The maximum atomic E-state index is 11.4. The molecule has 1 aromatic carbocycles. The molecule has 0 radical (unpaired) electrons. The Hall–Kier alpha value is -0.840. The topological polar surface area (TPSA) is 49.9 Å². The number of ketones is 1. The second-order valence-corrected chi connectivity index (χ2v) is 4.59. The highest BCUT2D eigenvalue weighted by Gasteiger charge is 2.12. The first-order chi connectivity index (χ1) is 7.11. The smallest absolute Gasteiger partial charge is 0.305 e. The van der Waals surface area contributed by atoms with Crippen LogP contribution in [-0.4, -0.2) is 16.6 Å². The quantitative estimate of drug-likeness (QED) is 0.668. The van der Waals surface area contributed by atoms with Crippen molar-refractivity contribution in [2.45, 2.75) is 0 Å². The number of Topliss-reactive ketones (excluding diaryl/α,β-unsaturated/α-hetero) is 1. The predicted molar refractivity (Wildman–Crippen MR) is 62.5 cm³/mol. The molecule has 0 spiro atoms. The van der Waals surface area contributed by atoms with E-state index in [1.54, 1.807) is 12.1 Å². The molecule has 1 N–H and O–H groups in total. The third kappa shape index (κ3) is 1.93. The van der Waals surface area contributed by atoms with E-state index in [2.05, 4.69) is 4.98 Å². The van der Waals surface area contributed by atoms with Crippen molar-refractivity contribution < 1.29 is 4.79 Å². The summed E-state index contributed by atoms with van der Waals surface area (Å²) in [5.41, 5.74) is 0.996. The molecule has 1 heterocycles. The summed E-state index contributed by atoms with van der Waals surface area (Å²) in [6.45, 7) is 0. The molecule has 3 nitrogen and oxygen atoms in total. The number of nitrogens with one attached hydrogen (secondary N) is 1. The SMILES string of the molecule is O=C(CCl)c1cc2sc(=O)[nH]c2cc1Cl. The fourth-order valence-electron chi connectivity index (χ4n) is 1.26. The van der Waals surface area contributed by atoms with Gasteiger partial charge < -0.3 is 4.98 Å². The number of thiazole rings is 1. The minimum atomic E-state index is -0.246. The lowest BCUT2D eigenvalue weighted by Crippen LogP contribution is -2.00. The predicted octanol–water partition coefficient (Wildman–Crippen LogP) is 2.66. The average molecular weight is 262 g/mol. The number of rotatable bonds is 2. The van der Waals surface area contributed by atoms with Crippen molar-refractivity contribution in [3.63, 3.8) is 0 Å². The van der Waals surface area contributed by atoms with Crippen LogP contribution in [-0.2, 0) is 0 Å². The summed E-state index contributed by atoms with van der Waals surface area (Å²) < 4.78 is 0.706. The standard InChI is InChI=1S/C9H5Cl2NO2S/c10-3-7(13)4-1-8-6(2-5(4)11)12-9(14)15-8/h1-2H,3H2,(H,12,14). The van der Waals surface area contributed by atoms with Crippen molar-refractivity contribution in [1.29, 1.82) is 0 Å². The van der Waals surface area contributed by atoms with Crippen LogP contribution in [0.3, 0.4) is 0 Å². The molecule has 2 rings (SSSR count). The maximum Gasteiger partial charge on any atom is 0.305 e. The molecule has 0 saturated carbocycles. The molecular weight excluding hydrogens is 257 g/mol. The Morgan fingerprint density at radius 1 is 1.47 bits per heavy atom. The fourth-order valence-corrected chi connectivity index (χ4v) is 2.43. The van der Waals surface area contributed by atoms with Gasteiger partial charge in [-0.2, -0.15) is 0 Å². The largest absolute Gasteiger partial charge is 0.312 e. The number of alkyl halides is 1. The summed E-state index contributed by atoms with van der Waals surface area (Å²) in [6, 6.07) is 3.15. The van der Waals surface area contributed by atoms with E-state index in [1.807, 2.05) is 0 Å². The minimum Gasteiger partial charge on any atom is -0.312 e. The zero-order valence-corrected chi connectivity index (χ0v) is 9.67. The number of H-pyrrole nitrogens is 1. The third-order valence-corrected chi connectivity index (χ3v) is 3.33. The number of benzene rings is 1. The van der Waals surface area contributed by atoms with E-state index in [4.69, 9.17) is 23.2 Å². The highest BCUT2D eigenvalue weighted by molar-refractivity contribution is 7.16. The van der Waals surface area contributed by atoms with Crippen LogP contribution in [0, 0.1) is 0 Å². The second kappa shape index (κ2) is 3.96. The van der Waals surface area contributed by atoms with Crippen LogP contribution in [0.15, 0.2) is 16.9 Å². The molecule has 0 aliphatic rings. The van der Waals surface area contributed by atoms with Gasteiger partial charge >= 0.3 is 4.87 Å². The molecule has 0 atom stereocenters. The Balaban J connectivity index is 2.71. The minimum absolute atomic E-state index is 0.120. The van der Waals surface area contributed by atoms with Crippen molar-refractivity contribution in [2.24, 2.45) is 0 Å². The van der Waals surface area contributed by atoms with Crippen LogP contribution < -0.4 is 4.87 Å². The molecule has 0 bridgehead atoms. The molecule has 78 valence electrons. The van der Waals surface area contributed by atoms with Gasteiger partial charge in [-0.3, -0.25) is 9.59 Å². The van der Waals surface area contributed by atoms with Gasteiger partial charge in [0, 0.05) is 5.56 Å². The van der Waals surface area contributed by atoms with Gasteiger partial charge in [-0.25, -0.2) is 0 Å². The Morgan fingerprint density at radius 3 is 2.87 bits per heavy atom. The van der Waals surface area contributed by atoms with Crippen LogP contribution in [0.1, 0.15) is 10.4 Å². The van der Waals surface area contributed by atoms with Crippen molar-refractivity contribution in [2.75, 3.05) is 5.88 Å². The number of halogens is 2. The molecule has 0 saturated heterocycles. The molecule has 0 fully saturated rings. The fraction of sp³-hybridized carbons (Fsp3) is 0.111. The van der Waals surface area contributed by atoms with Crippen LogP contribution >= 0.6 is 34.5 Å². The zero-order valence-electron chi connectivity index (χ0n) is 7.34. The number of aromatic amines is 1. The van der Waals surface area contributed by atoms with E-state index in [-0.39, 0.29) is 16.5 Å². The normalized spacial score (nSPS) is 10.8. The molecular formula is C9H5Cl2NO2S. The number of carbonyl (C=O) groups excluding carboxylic acids is 1. The lowest BCUT2D eigenvalue weighted by Gasteiger charge is -2.00. The first-order valence-corrected chi connectivity index (χ1v) is 5.76. The lowest BCUT2D eigenvalue weighted by molar-refractivity contribution is 0.102. The lowest BCUT2D eigenvalue weighted by atomic mass is 10.1. The Bertz CT molecular complexity index is 587.